The molecular weight excluding hydrogens is 114 g/mol. The first-order valence-corrected chi connectivity index (χ1v) is 2.70. The van der Waals surface area contributed by atoms with Crippen molar-refractivity contribution < 1.29 is 4.79 Å². The van der Waals surface area contributed by atoms with E-state index in [1.807, 2.05) is 13.8 Å². The largest absolute Gasteiger partial charge is 0.346 e. The van der Waals surface area contributed by atoms with Crippen LogP contribution in [-0.4, -0.2) is 13.0 Å². The highest BCUT2D eigenvalue weighted by Gasteiger charge is 2.11. The molecule has 0 aromatic rings. The third-order valence-electron chi connectivity index (χ3n) is 0.993. The van der Waals surface area contributed by atoms with Gasteiger partial charge in [-0.1, -0.05) is 5.92 Å². The van der Waals surface area contributed by atoms with Gasteiger partial charge in [0.15, 0.2) is 0 Å². The van der Waals surface area contributed by atoms with Crippen molar-refractivity contribution in [3.63, 3.8) is 0 Å². The van der Waals surface area contributed by atoms with Crippen LogP contribution in [-0.2, 0) is 4.79 Å². The zero-order valence-corrected chi connectivity index (χ0v) is 5.69. The minimum absolute atomic E-state index is 0.253. The van der Waals surface area contributed by atoms with Gasteiger partial charge in [-0.2, -0.15) is 0 Å². The molecule has 1 radical (unpaired) electrons. The SMILES string of the molecule is C#CC(C)(C)CN[C]=O. The van der Waals surface area contributed by atoms with Gasteiger partial charge in [0, 0.05) is 12.0 Å². The first-order valence-electron chi connectivity index (χ1n) is 2.70. The standard InChI is InChI=1S/C7H10NO/c1-4-7(2,3)5-8-6-9/h1H,5H2,2-3H3,(H,8,9). The van der Waals surface area contributed by atoms with E-state index in [0.29, 0.717) is 6.54 Å². The molecule has 0 bridgehead atoms. The van der Waals surface area contributed by atoms with Crippen molar-refractivity contribution in [2.75, 3.05) is 6.54 Å². The number of terminal acetylenes is 1. The monoisotopic (exact) mass is 124 g/mol. The highest BCUT2D eigenvalue weighted by atomic mass is 16.1. The third-order valence-corrected chi connectivity index (χ3v) is 0.993. The van der Waals surface area contributed by atoms with E-state index in [1.54, 1.807) is 6.41 Å². The second-order valence-corrected chi connectivity index (χ2v) is 2.48. The Labute approximate surface area is 55.6 Å². The Balaban J connectivity index is 3.61. The normalized spacial score (nSPS) is 9.89. The Hall–Kier alpha value is -0.970. The molecule has 49 valence electrons. The molecule has 0 fully saturated rings. The topological polar surface area (TPSA) is 29.1 Å². The highest BCUT2D eigenvalue weighted by Crippen LogP contribution is 2.09. The van der Waals surface area contributed by atoms with E-state index in [1.165, 1.54) is 0 Å². The van der Waals surface area contributed by atoms with Gasteiger partial charge in [-0.15, -0.1) is 6.42 Å². The van der Waals surface area contributed by atoms with Crippen molar-refractivity contribution in [3.8, 4) is 12.3 Å². The maximum absolute atomic E-state index is 9.66. The molecule has 0 atom stereocenters. The minimum atomic E-state index is -0.253. The fourth-order valence-electron chi connectivity index (χ4n) is 0.308. The van der Waals surface area contributed by atoms with Crippen LogP contribution in [0.15, 0.2) is 0 Å². The molecule has 0 saturated heterocycles. The van der Waals surface area contributed by atoms with Gasteiger partial charge in [0.2, 0.25) is 0 Å². The van der Waals surface area contributed by atoms with Crippen LogP contribution in [0.4, 0.5) is 0 Å². The lowest BCUT2D eigenvalue weighted by molar-refractivity contribution is 0.472. The van der Waals surface area contributed by atoms with Crippen molar-refractivity contribution in [1.82, 2.24) is 5.32 Å². The van der Waals surface area contributed by atoms with E-state index in [9.17, 15) is 4.79 Å². The molecule has 2 nitrogen and oxygen atoms in total. The molecule has 0 aromatic heterocycles. The summed E-state index contributed by atoms with van der Waals surface area (Å²) >= 11 is 0. The average molecular weight is 124 g/mol. The number of carbonyl (C=O) groups excluding carboxylic acids is 1. The first kappa shape index (κ1) is 8.03. The number of nitrogens with one attached hydrogen (secondary N) is 1. The zero-order chi connectivity index (χ0) is 7.33. The second-order valence-electron chi connectivity index (χ2n) is 2.48. The van der Waals surface area contributed by atoms with E-state index < -0.39 is 0 Å². The average Bonchev–Trinajstić information content (AvgIpc) is 1.84. The third kappa shape index (κ3) is 3.60. The van der Waals surface area contributed by atoms with Crippen LogP contribution >= 0.6 is 0 Å². The van der Waals surface area contributed by atoms with Crippen molar-refractivity contribution in [3.05, 3.63) is 0 Å². The van der Waals surface area contributed by atoms with Crippen LogP contribution in [0.2, 0.25) is 0 Å². The van der Waals surface area contributed by atoms with Gasteiger partial charge in [-0.3, -0.25) is 4.79 Å². The molecule has 1 N–H and O–H groups in total. The summed E-state index contributed by atoms with van der Waals surface area (Å²) in [5, 5.41) is 2.39. The Bertz CT molecular complexity index is 132. The highest BCUT2D eigenvalue weighted by molar-refractivity contribution is 5.47. The summed E-state index contributed by atoms with van der Waals surface area (Å²) in [6.07, 6.45) is 6.69. The van der Waals surface area contributed by atoms with Gasteiger partial charge in [0.1, 0.15) is 0 Å². The fraction of sp³-hybridized carbons (Fsp3) is 0.571. The molecule has 9 heavy (non-hydrogen) atoms. The Morgan fingerprint density at radius 2 is 2.22 bits per heavy atom. The van der Waals surface area contributed by atoms with E-state index in [0.717, 1.165) is 0 Å². The molecule has 0 saturated carbocycles. The van der Waals surface area contributed by atoms with Gasteiger partial charge in [0.05, 0.1) is 0 Å². The molecule has 2 heteroatoms. The molecule has 0 spiro atoms. The molecule has 0 aliphatic carbocycles. The zero-order valence-electron chi connectivity index (χ0n) is 5.69. The Morgan fingerprint density at radius 1 is 1.67 bits per heavy atom. The van der Waals surface area contributed by atoms with Gasteiger partial charge in [0.25, 0.3) is 0 Å². The van der Waals surface area contributed by atoms with E-state index >= 15 is 0 Å². The first-order chi connectivity index (χ1) is 4.12. The lowest BCUT2D eigenvalue weighted by Gasteiger charge is -2.14. The summed E-state index contributed by atoms with van der Waals surface area (Å²) in [7, 11) is 0. The van der Waals surface area contributed by atoms with Gasteiger partial charge in [-0.05, 0) is 13.8 Å². The summed E-state index contributed by atoms with van der Waals surface area (Å²) in [5.41, 5.74) is -0.253. The van der Waals surface area contributed by atoms with E-state index in [4.69, 9.17) is 6.42 Å². The number of amides is 1. The number of hydrogen-bond donors (Lipinski definition) is 1. The van der Waals surface area contributed by atoms with E-state index in [2.05, 4.69) is 11.2 Å². The van der Waals surface area contributed by atoms with Crippen molar-refractivity contribution in [2.45, 2.75) is 13.8 Å². The fourth-order valence-corrected chi connectivity index (χ4v) is 0.308. The second kappa shape index (κ2) is 3.13. The molecule has 0 aliphatic heterocycles. The smallest absolute Gasteiger partial charge is 0.309 e. The molecule has 0 rings (SSSR count). The predicted molar refractivity (Wildman–Crippen MR) is 36.3 cm³/mol. The molecule has 0 unspecified atom stereocenters. The van der Waals surface area contributed by atoms with Crippen LogP contribution in [0.5, 0.6) is 0 Å². The van der Waals surface area contributed by atoms with E-state index in [-0.39, 0.29) is 5.41 Å². The molecular formula is C7H10NO. The number of hydrogen-bond acceptors (Lipinski definition) is 1. The molecule has 1 amide bonds. The maximum Gasteiger partial charge on any atom is 0.309 e. The molecule has 0 heterocycles. The summed E-state index contributed by atoms with van der Waals surface area (Å²) in [6.45, 7) is 4.22. The molecule has 0 aliphatic rings. The van der Waals surface area contributed by atoms with Crippen molar-refractivity contribution in [2.24, 2.45) is 5.41 Å². The maximum atomic E-state index is 9.66. The quantitative estimate of drug-likeness (QED) is 0.425. The summed E-state index contributed by atoms with van der Waals surface area (Å²) in [4.78, 5) is 9.66. The summed E-state index contributed by atoms with van der Waals surface area (Å²) < 4.78 is 0. The lowest BCUT2D eigenvalue weighted by Crippen LogP contribution is -2.26. The molecule has 0 aromatic carbocycles. The van der Waals surface area contributed by atoms with Gasteiger partial charge in [-0.25, -0.2) is 0 Å². The van der Waals surface area contributed by atoms with Gasteiger partial charge >= 0.3 is 6.41 Å². The van der Waals surface area contributed by atoms with Crippen molar-refractivity contribution >= 4 is 6.41 Å². The summed E-state index contributed by atoms with van der Waals surface area (Å²) in [5.74, 6) is 2.53. The van der Waals surface area contributed by atoms with Crippen LogP contribution in [0.1, 0.15) is 13.8 Å². The van der Waals surface area contributed by atoms with Crippen molar-refractivity contribution in [1.29, 1.82) is 0 Å². The number of rotatable bonds is 3. The minimum Gasteiger partial charge on any atom is -0.346 e. The van der Waals surface area contributed by atoms with Crippen LogP contribution < -0.4 is 5.32 Å². The predicted octanol–water partition coefficient (Wildman–Crippen LogP) is 0.303. The van der Waals surface area contributed by atoms with Crippen LogP contribution in [0.25, 0.3) is 0 Å². The van der Waals surface area contributed by atoms with Crippen LogP contribution in [0, 0.1) is 17.8 Å². The summed E-state index contributed by atoms with van der Waals surface area (Å²) in [6, 6.07) is 0. The van der Waals surface area contributed by atoms with Gasteiger partial charge < -0.3 is 5.32 Å². The Kier molecular flexibility index (Phi) is 2.80. The lowest BCUT2D eigenvalue weighted by atomic mass is 9.95. The Morgan fingerprint density at radius 3 is 2.56 bits per heavy atom. The van der Waals surface area contributed by atoms with Crippen LogP contribution in [0.3, 0.4) is 0 Å².